The molecule has 3 nitrogen and oxygen atoms in total. The van der Waals surface area contributed by atoms with Gasteiger partial charge in [0.25, 0.3) is 0 Å². The zero-order valence-electron chi connectivity index (χ0n) is 11.5. The summed E-state index contributed by atoms with van der Waals surface area (Å²) in [6.45, 7) is 11.6. The van der Waals surface area contributed by atoms with Gasteiger partial charge in [-0.05, 0) is 51.1 Å². The number of ether oxygens (including phenoxy) is 1. The Kier molecular flexibility index (Phi) is 5.26. The van der Waals surface area contributed by atoms with Crippen LogP contribution in [0, 0.1) is 11.8 Å². The smallest absolute Gasteiger partial charge is 0.0469 e. The SMILES string of the molecule is CC1CNC(C)CCN(CC2CCOCC2)C1. The van der Waals surface area contributed by atoms with E-state index in [1.54, 1.807) is 0 Å². The van der Waals surface area contributed by atoms with Crippen LogP contribution in [-0.4, -0.2) is 50.3 Å². The first-order chi connectivity index (χ1) is 8.24. The van der Waals surface area contributed by atoms with Crippen LogP contribution in [0.3, 0.4) is 0 Å². The minimum atomic E-state index is 0.676. The van der Waals surface area contributed by atoms with E-state index < -0.39 is 0 Å². The molecule has 2 heterocycles. The van der Waals surface area contributed by atoms with Gasteiger partial charge in [0.15, 0.2) is 0 Å². The molecule has 2 aliphatic rings. The van der Waals surface area contributed by atoms with Crippen molar-refractivity contribution in [1.82, 2.24) is 10.2 Å². The summed E-state index contributed by atoms with van der Waals surface area (Å²) in [5.41, 5.74) is 0. The van der Waals surface area contributed by atoms with E-state index in [1.807, 2.05) is 0 Å². The van der Waals surface area contributed by atoms with Gasteiger partial charge in [-0.1, -0.05) is 6.92 Å². The van der Waals surface area contributed by atoms with E-state index in [4.69, 9.17) is 4.74 Å². The van der Waals surface area contributed by atoms with Crippen molar-refractivity contribution in [3.05, 3.63) is 0 Å². The number of nitrogens with zero attached hydrogens (tertiary/aromatic N) is 1. The second-order valence-electron chi connectivity index (χ2n) is 6.02. The maximum atomic E-state index is 5.44. The van der Waals surface area contributed by atoms with Gasteiger partial charge in [0.2, 0.25) is 0 Å². The molecule has 0 radical (unpaired) electrons. The monoisotopic (exact) mass is 240 g/mol. The highest BCUT2D eigenvalue weighted by Gasteiger charge is 2.21. The third kappa shape index (κ3) is 4.57. The van der Waals surface area contributed by atoms with Gasteiger partial charge in [0, 0.05) is 32.3 Å². The maximum Gasteiger partial charge on any atom is 0.0469 e. The summed E-state index contributed by atoms with van der Waals surface area (Å²) < 4.78 is 5.44. The predicted octanol–water partition coefficient (Wildman–Crippen LogP) is 1.73. The van der Waals surface area contributed by atoms with Crippen molar-refractivity contribution in [3.63, 3.8) is 0 Å². The molecule has 0 saturated carbocycles. The third-order valence-corrected chi connectivity index (χ3v) is 4.12. The standard InChI is InChI=1S/C14H28N2O/c1-12-9-15-13(2)3-6-16(10-12)11-14-4-7-17-8-5-14/h12-15H,3-11H2,1-2H3. The molecule has 0 aliphatic carbocycles. The summed E-state index contributed by atoms with van der Waals surface area (Å²) in [5.74, 6) is 1.65. The highest BCUT2D eigenvalue weighted by Crippen LogP contribution is 2.18. The van der Waals surface area contributed by atoms with Crippen molar-refractivity contribution in [2.75, 3.05) is 39.4 Å². The lowest BCUT2D eigenvalue weighted by Crippen LogP contribution is -2.44. The van der Waals surface area contributed by atoms with Gasteiger partial charge in [0.1, 0.15) is 0 Å². The summed E-state index contributed by atoms with van der Waals surface area (Å²) in [6, 6.07) is 0.676. The van der Waals surface area contributed by atoms with Gasteiger partial charge in [-0.3, -0.25) is 0 Å². The predicted molar refractivity (Wildman–Crippen MR) is 71.2 cm³/mol. The van der Waals surface area contributed by atoms with E-state index in [1.165, 1.54) is 45.4 Å². The molecule has 2 unspecified atom stereocenters. The largest absolute Gasteiger partial charge is 0.381 e. The molecule has 2 atom stereocenters. The number of rotatable bonds is 2. The number of hydrogen-bond donors (Lipinski definition) is 1. The fourth-order valence-corrected chi connectivity index (χ4v) is 2.94. The lowest BCUT2D eigenvalue weighted by Gasteiger charge is -2.34. The van der Waals surface area contributed by atoms with Crippen LogP contribution in [0.5, 0.6) is 0 Å². The summed E-state index contributed by atoms with van der Waals surface area (Å²) in [7, 11) is 0. The Morgan fingerprint density at radius 3 is 2.71 bits per heavy atom. The molecule has 0 aromatic carbocycles. The summed E-state index contributed by atoms with van der Waals surface area (Å²) in [6.07, 6.45) is 3.81. The van der Waals surface area contributed by atoms with Crippen LogP contribution in [-0.2, 0) is 4.74 Å². The zero-order valence-corrected chi connectivity index (χ0v) is 11.5. The van der Waals surface area contributed by atoms with Gasteiger partial charge in [-0.2, -0.15) is 0 Å². The molecule has 3 heteroatoms. The van der Waals surface area contributed by atoms with Crippen molar-refractivity contribution >= 4 is 0 Å². The number of hydrogen-bond acceptors (Lipinski definition) is 3. The van der Waals surface area contributed by atoms with Crippen molar-refractivity contribution in [2.45, 2.75) is 39.2 Å². The number of nitrogens with one attached hydrogen (secondary N) is 1. The van der Waals surface area contributed by atoms with Crippen LogP contribution in [0.1, 0.15) is 33.1 Å². The van der Waals surface area contributed by atoms with Crippen molar-refractivity contribution in [3.8, 4) is 0 Å². The fraction of sp³-hybridized carbons (Fsp3) is 1.00. The van der Waals surface area contributed by atoms with Gasteiger partial charge >= 0.3 is 0 Å². The molecular formula is C14H28N2O. The lowest BCUT2D eigenvalue weighted by molar-refractivity contribution is 0.0487. The second kappa shape index (κ2) is 6.72. The molecule has 2 aliphatic heterocycles. The molecule has 0 spiro atoms. The highest BCUT2D eigenvalue weighted by molar-refractivity contribution is 4.76. The Balaban J connectivity index is 1.80. The average molecular weight is 240 g/mol. The fourth-order valence-electron chi connectivity index (χ4n) is 2.94. The molecule has 100 valence electrons. The zero-order chi connectivity index (χ0) is 12.1. The molecular weight excluding hydrogens is 212 g/mol. The van der Waals surface area contributed by atoms with Crippen molar-refractivity contribution in [2.24, 2.45) is 11.8 Å². The van der Waals surface area contributed by atoms with Crippen molar-refractivity contribution in [1.29, 1.82) is 0 Å². The van der Waals surface area contributed by atoms with E-state index in [-0.39, 0.29) is 0 Å². The maximum absolute atomic E-state index is 5.44. The van der Waals surface area contributed by atoms with Crippen LogP contribution in [0.25, 0.3) is 0 Å². The van der Waals surface area contributed by atoms with Crippen LogP contribution >= 0.6 is 0 Å². The van der Waals surface area contributed by atoms with E-state index in [9.17, 15) is 0 Å². The first kappa shape index (κ1) is 13.3. The van der Waals surface area contributed by atoms with Crippen molar-refractivity contribution < 1.29 is 4.74 Å². The highest BCUT2D eigenvalue weighted by atomic mass is 16.5. The van der Waals surface area contributed by atoms with E-state index in [2.05, 4.69) is 24.1 Å². The summed E-state index contributed by atoms with van der Waals surface area (Å²) in [5, 5.41) is 3.61. The topological polar surface area (TPSA) is 24.5 Å². The minimum Gasteiger partial charge on any atom is -0.381 e. The van der Waals surface area contributed by atoms with Crippen LogP contribution in [0.15, 0.2) is 0 Å². The normalized spacial score (nSPS) is 34.2. The minimum absolute atomic E-state index is 0.676. The molecule has 0 aromatic heterocycles. The Morgan fingerprint density at radius 2 is 1.94 bits per heavy atom. The van der Waals surface area contributed by atoms with Crippen LogP contribution in [0.4, 0.5) is 0 Å². The lowest BCUT2D eigenvalue weighted by atomic mass is 9.98. The molecule has 17 heavy (non-hydrogen) atoms. The Hall–Kier alpha value is -0.120. The van der Waals surface area contributed by atoms with Gasteiger partial charge in [-0.15, -0.1) is 0 Å². The van der Waals surface area contributed by atoms with E-state index in [0.717, 1.165) is 25.0 Å². The van der Waals surface area contributed by atoms with Crippen LogP contribution in [0.2, 0.25) is 0 Å². The summed E-state index contributed by atoms with van der Waals surface area (Å²) >= 11 is 0. The van der Waals surface area contributed by atoms with Crippen LogP contribution < -0.4 is 5.32 Å². The Morgan fingerprint density at radius 1 is 1.18 bits per heavy atom. The molecule has 2 saturated heterocycles. The van der Waals surface area contributed by atoms with E-state index in [0.29, 0.717) is 6.04 Å². The molecule has 0 bridgehead atoms. The first-order valence-corrected chi connectivity index (χ1v) is 7.27. The second-order valence-corrected chi connectivity index (χ2v) is 6.02. The molecule has 1 N–H and O–H groups in total. The van der Waals surface area contributed by atoms with Gasteiger partial charge in [-0.25, -0.2) is 0 Å². The van der Waals surface area contributed by atoms with E-state index >= 15 is 0 Å². The first-order valence-electron chi connectivity index (χ1n) is 7.27. The Bertz CT molecular complexity index is 216. The quantitative estimate of drug-likeness (QED) is 0.795. The molecule has 2 rings (SSSR count). The summed E-state index contributed by atoms with van der Waals surface area (Å²) in [4.78, 5) is 2.69. The molecule has 0 aromatic rings. The average Bonchev–Trinajstić information content (AvgIpc) is 2.33. The molecule has 0 amide bonds. The third-order valence-electron chi connectivity index (χ3n) is 4.12. The Labute approximate surface area is 106 Å². The van der Waals surface area contributed by atoms with Gasteiger partial charge < -0.3 is 15.0 Å². The molecule has 2 fully saturated rings. The van der Waals surface area contributed by atoms with Gasteiger partial charge in [0.05, 0.1) is 0 Å².